The minimum absolute atomic E-state index is 0.669. The fourth-order valence-corrected chi connectivity index (χ4v) is 19.0. The molecule has 10 heteroatoms. The van der Waals surface area contributed by atoms with E-state index in [2.05, 4.69) is 164 Å². The van der Waals surface area contributed by atoms with Crippen molar-refractivity contribution in [1.82, 2.24) is 0 Å². The summed E-state index contributed by atoms with van der Waals surface area (Å²) in [7, 11) is -3.43. The van der Waals surface area contributed by atoms with E-state index in [0.29, 0.717) is 13.2 Å². The zero-order chi connectivity index (χ0) is 52.7. The molecule has 392 valence electrons. The minimum atomic E-state index is -1.71. The fraction of sp³-hybridized carbons (Fsp3) is 0.406. The van der Waals surface area contributed by atoms with Gasteiger partial charge in [0.25, 0.3) is 0 Å². The summed E-state index contributed by atoms with van der Waals surface area (Å²) in [5.74, 6) is 1.61. The van der Waals surface area contributed by atoms with E-state index in [9.17, 15) is 10.2 Å². The molecule has 0 aliphatic carbocycles. The first kappa shape index (κ1) is 56.1. The normalized spacial score (nSPS) is 13.8. The molecule has 4 aromatic carbocycles. The van der Waals surface area contributed by atoms with Gasteiger partial charge in [-0.1, -0.05) is 213 Å². The highest BCUT2D eigenvalue weighted by molar-refractivity contribution is 7.36. The highest BCUT2D eigenvalue weighted by Gasteiger charge is 2.45. The first-order valence-electron chi connectivity index (χ1n) is 27.3. The van der Waals surface area contributed by atoms with Gasteiger partial charge in [0.1, 0.15) is 22.7 Å². The molecule has 0 spiro atoms. The molecule has 0 aliphatic heterocycles. The van der Waals surface area contributed by atoms with Crippen LogP contribution in [0, 0.1) is 13.8 Å². The quantitative estimate of drug-likeness (QED) is 0.0419. The van der Waals surface area contributed by atoms with E-state index in [1.54, 1.807) is 22.7 Å². The summed E-state index contributed by atoms with van der Waals surface area (Å²) in [6.07, 6.45) is 14.5. The van der Waals surface area contributed by atoms with Crippen LogP contribution in [0.15, 0.2) is 121 Å². The predicted molar refractivity (Wildman–Crippen MR) is 329 cm³/mol. The van der Waals surface area contributed by atoms with E-state index in [0.717, 1.165) is 111 Å². The van der Waals surface area contributed by atoms with Gasteiger partial charge in [-0.25, -0.2) is 0 Å². The molecule has 2 unspecified atom stereocenters. The van der Waals surface area contributed by atoms with Crippen LogP contribution in [0.1, 0.15) is 135 Å². The van der Waals surface area contributed by atoms with Gasteiger partial charge in [-0.3, -0.25) is 0 Å². The number of hydrogen-bond donors (Lipinski definition) is 2. The molecule has 8 aromatic rings. The van der Waals surface area contributed by atoms with Crippen molar-refractivity contribution in [3.8, 4) is 31.0 Å². The molecule has 0 saturated heterocycles. The molecule has 74 heavy (non-hydrogen) atoms. The van der Waals surface area contributed by atoms with Crippen LogP contribution >= 0.6 is 45.3 Å². The molecule has 0 saturated carbocycles. The number of ether oxygens (including phenoxy) is 2. The van der Waals surface area contributed by atoms with Crippen LogP contribution in [0.5, 0.6) is 11.5 Å². The number of rotatable bonds is 26. The second kappa shape index (κ2) is 24.5. The topological polar surface area (TPSA) is 58.9 Å². The third-order valence-corrected chi connectivity index (χ3v) is 26.7. The van der Waals surface area contributed by atoms with Crippen LogP contribution in [0.25, 0.3) is 28.9 Å². The van der Waals surface area contributed by atoms with Gasteiger partial charge in [0.15, 0.2) is 0 Å². The molecule has 0 aliphatic rings. The van der Waals surface area contributed by atoms with Crippen LogP contribution < -0.4 is 18.5 Å². The molecular weight excluding hydrogens is 1020 g/mol. The smallest absolute Gasteiger partial charge is 0.143 e. The zero-order valence-electron chi connectivity index (χ0n) is 45.8. The molecule has 8 rings (SSSR count). The Morgan fingerprint density at radius 2 is 0.703 bits per heavy atom. The first-order chi connectivity index (χ1) is 35.5. The fourth-order valence-electron chi connectivity index (χ4n) is 9.89. The van der Waals surface area contributed by atoms with Crippen molar-refractivity contribution in [2.45, 2.75) is 155 Å². The number of thiophene rings is 4. The Morgan fingerprint density at radius 1 is 0.392 bits per heavy atom. The second-order valence-corrected chi connectivity index (χ2v) is 37.5. The number of unbranched alkanes of at least 4 members (excludes halogenated alkanes) is 10. The molecular formula is C64H80O4S4Si2. The molecule has 0 bridgehead atoms. The van der Waals surface area contributed by atoms with E-state index in [1.165, 1.54) is 60.4 Å². The number of fused-ring (bicyclic) bond motifs is 1. The molecule has 4 heterocycles. The summed E-state index contributed by atoms with van der Waals surface area (Å²) >= 11 is 7.16. The van der Waals surface area contributed by atoms with Gasteiger partial charge in [0, 0.05) is 20.9 Å². The summed E-state index contributed by atoms with van der Waals surface area (Å²) in [5, 5.41) is 28.7. The zero-order valence-corrected chi connectivity index (χ0v) is 51.1. The monoisotopic (exact) mass is 1100 g/mol. The molecule has 2 atom stereocenters. The van der Waals surface area contributed by atoms with Crippen molar-refractivity contribution in [3.63, 3.8) is 0 Å². The summed E-state index contributed by atoms with van der Waals surface area (Å²) in [5.41, 5.74) is 3.94. The Bertz CT molecular complexity index is 2830. The van der Waals surface area contributed by atoms with Gasteiger partial charge < -0.3 is 19.7 Å². The van der Waals surface area contributed by atoms with Crippen molar-refractivity contribution in [2.75, 3.05) is 13.2 Å². The maximum atomic E-state index is 14.4. The van der Waals surface area contributed by atoms with E-state index in [4.69, 9.17) is 9.47 Å². The van der Waals surface area contributed by atoms with Crippen molar-refractivity contribution < 1.29 is 19.7 Å². The average Bonchev–Trinajstić information content (AvgIpc) is 4.21. The van der Waals surface area contributed by atoms with E-state index in [1.807, 2.05) is 46.9 Å². The summed E-state index contributed by atoms with van der Waals surface area (Å²) in [4.78, 5) is 4.31. The number of aliphatic hydroxyl groups is 2. The van der Waals surface area contributed by atoms with Crippen LogP contribution in [0.2, 0.25) is 39.3 Å². The van der Waals surface area contributed by atoms with Crippen molar-refractivity contribution in [2.24, 2.45) is 0 Å². The van der Waals surface area contributed by atoms with Gasteiger partial charge in [-0.15, -0.1) is 45.3 Å². The van der Waals surface area contributed by atoms with E-state index in [-0.39, 0.29) is 0 Å². The molecule has 0 fully saturated rings. The maximum absolute atomic E-state index is 14.4. The molecule has 0 amide bonds. The molecule has 0 radical (unpaired) electrons. The van der Waals surface area contributed by atoms with Gasteiger partial charge in [0.05, 0.1) is 48.5 Å². The maximum Gasteiger partial charge on any atom is 0.143 e. The second-order valence-electron chi connectivity index (χ2n) is 22.5. The lowest BCUT2D eigenvalue weighted by atomic mass is 9.78. The average molecular weight is 1100 g/mol. The largest absolute Gasteiger partial charge is 0.494 e. The van der Waals surface area contributed by atoms with Crippen molar-refractivity contribution in [1.29, 1.82) is 0 Å². The van der Waals surface area contributed by atoms with E-state index < -0.39 is 27.3 Å². The lowest BCUT2D eigenvalue weighted by molar-refractivity contribution is 0.127. The van der Waals surface area contributed by atoms with Gasteiger partial charge in [-0.05, 0) is 94.3 Å². The Labute approximate surface area is 461 Å². The number of hydrogen-bond acceptors (Lipinski definition) is 8. The lowest BCUT2D eigenvalue weighted by Crippen LogP contribution is -2.34. The van der Waals surface area contributed by atoms with E-state index >= 15 is 0 Å². The summed E-state index contributed by atoms with van der Waals surface area (Å²) in [6.45, 7) is 24.5. The Kier molecular flexibility index (Phi) is 18.6. The highest BCUT2D eigenvalue weighted by Crippen LogP contribution is 2.59. The Morgan fingerprint density at radius 3 is 1.01 bits per heavy atom. The van der Waals surface area contributed by atoms with Crippen LogP contribution in [0.3, 0.4) is 0 Å². The molecule has 4 nitrogen and oxygen atoms in total. The minimum Gasteiger partial charge on any atom is -0.494 e. The van der Waals surface area contributed by atoms with Crippen LogP contribution in [0.4, 0.5) is 0 Å². The van der Waals surface area contributed by atoms with Crippen LogP contribution in [-0.2, 0) is 11.2 Å². The summed E-state index contributed by atoms with van der Waals surface area (Å²) < 4.78 is 17.5. The molecule has 4 aromatic heterocycles. The standard InChI is InChI=1S/C64H80O4S4Si2/c1-11-13-15-17-19-21-43-67-51-35-31-49(32-36-51)63(65,47-27-23-45(3)24-28-47)57-59(53-39-41-55(69-53)73(5,6)7)71-62-58(60(72-61(57)62)54-40-42-56(70-54)74(8,9)10)64(66,48-29-25-46(4)26-30-48)50-33-37-52(38-34-50)68-44-22-20-18-16-14-12-2/h23-42,65-66H,11-22,43-44H2,1-10H3. The van der Waals surface area contributed by atoms with Gasteiger partial charge >= 0.3 is 0 Å². The number of benzene rings is 4. The highest BCUT2D eigenvalue weighted by atomic mass is 32.1. The SMILES string of the molecule is CCCCCCCCOc1ccc(C(O)(c2ccc(C)cc2)c2c(-c3ccc([Si](C)(C)C)s3)sc3c(C(O)(c4ccc(C)cc4)c4ccc(OCCCCCCCC)cc4)c(-c4ccc([Si](C)(C)C)s4)sc23)cc1. The first-order valence-corrected chi connectivity index (χ1v) is 37.6. The third kappa shape index (κ3) is 12.5. The summed E-state index contributed by atoms with van der Waals surface area (Å²) in [6, 6.07) is 42.5. The van der Waals surface area contributed by atoms with Gasteiger partial charge in [-0.2, -0.15) is 0 Å². The Hall–Kier alpha value is -4.11. The predicted octanol–water partition coefficient (Wildman–Crippen LogP) is 18.2. The van der Waals surface area contributed by atoms with Gasteiger partial charge in [0.2, 0.25) is 0 Å². The third-order valence-electron chi connectivity index (χ3n) is 14.4. The van der Waals surface area contributed by atoms with Crippen molar-refractivity contribution in [3.05, 3.63) is 166 Å². The lowest BCUT2D eigenvalue weighted by Gasteiger charge is -2.31. The Balaban J connectivity index is 1.37. The molecule has 2 N–H and O–H groups in total. The van der Waals surface area contributed by atoms with Crippen molar-refractivity contribution >= 4 is 79.9 Å². The van der Waals surface area contributed by atoms with Crippen LogP contribution in [-0.4, -0.2) is 39.6 Å². The number of aryl methyl sites for hydroxylation is 2.